The fourth-order valence-corrected chi connectivity index (χ4v) is 2.93. The molecule has 0 aromatic rings. The van der Waals surface area contributed by atoms with Crippen molar-refractivity contribution in [3.63, 3.8) is 0 Å². The van der Waals surface area contributed by atoms with Crippen molar-refractivity contribution in [1.29, 1.82) is 0 Å². The van der Waals surface area contributed by atoms with Crippen molar-refractivity contribution in [1.82, 2.24) is 5.32 Å². The third-order valence-electron chi connectivity index (χ3n) is 4.60. The Balaban J connectivity index is 3.16. The number of carbonyl (C=O) groups excluding carboxylic acids is 1. The second-order valence-corrected chi connectivity index (χ2v) is 7.25. The molecule has 26 heavy (non-hydrogen) atoms. The van der Waals surface area contributed by atoms with E-state index >= 15 is 0 Å². The van der Waals surface area contributed by atoms with Gasteiger partial charge < -0.3 is 20.3 Å². The number of ether oxygens (including phenoxy) is 1. The lowest BCUT2D eigenvalue weighted by Gasteiger charge is -2.09. The highest BCUT2D eigenvalue weighted by atomic mass is 16.5. The Morgan fingerprint density at radius 3 is 1.88 bits per heavy atom. The highest BCUT2D eigenvalue weighted by Crippen LogP contribution is 2.12. The second kappa shape index (κ2) is 20.7. The van der Waals surface area contributed by atoms with Crippen molar-refractivity contribution < 1.29 is 19.7 Å². The van der Waals surface area contributed by atoms with Gasteiger partial charge in [0.05, 0.1) is 19.8 Å². The zero-order valence-electron chi connectivity index (χ0n) is 17.0. The number of amides is 1. The maximum atomic E-state index is 11.6. The number of rotatable bonds is 20. The number of aliphatic hydroxyl groups is 2. The van der Waals surface area contributed by atoms with E-state index in [4.69, 9.17) is 14.9 Å². The third-order valence-corrected chi connectivity index (χ3v) is 4.60. The molecule has 0 saturated carbocycles. The zero-order chi connectivity index (χ0) is 19.3. The molecule has 0 aromatic heterocycles. The summed E-state index contributed by atoms with van der Waals surface area (Å²) in [5.41, 5.74) is 0. The van der Waals surface area contributed by atoms with Gasteiger partial charge in [-0.15, -0.1) is 0 Å². The van der Waals surface area contributed by atoms with Crippen LogP contribution in [0.5, 0.6) is 0 Å². The van der Waals surface area contributed by atoms with E-state index in [1.165, 1.54) is 70.6 Å². The highest BCUT2D eigenvalue weighted by Gasteiger charge is 2.03. The fourth-order valence-electron chi connectivity index (χ4n) is 2.93. The van der Waals surface area contributed by atoms with Gasteiger partial charge in [0.2, 0.25) is 5.91 Å². The summed E-state index contributed by atoms with van der Waals surface area (Å²) in [5.74, 6) is 0.0689. The Hall–Kier alpha value is -0.650. The number of carbonyl (C=O) groups is 1. The van der Waals surface area contributed by atoms with Crippen LogP contribution in [0.15, 0.2) is 0 Å². The molecule has 0 aliphatic carbocycles. The standard InChI is InChI=1S/C21H43NO4/c1-2-3-4-5-6-7-8-9-10-11-12-13-14-15-21(25)22-16-17-26-19-20(24)18-23/h20,23-24H,2-19H2,1H3,(H,22,25). The number of unbranched alkanes of at least 4 members (excludes halogenated alkanes) is 12. The van der Waals surface area contributed by atoms with Crippen LogP contribution in [0.25, 0.3) is 0 Å². The summed E-state index contributed by atoms with van der Waals surface area (Å²) in [6.45, 7) is 2.88. The summed E-state index contributed by atoms with van der Waals surface area (Å²) in [7, 11) is 0. The number of hydrogen-bond donors (Lipinski definition) is 3. The third kappa shape index (κ3) is 19.7. The maximum Gasteiger partial charge on any atom is 0.220 e. The van der Waals surface area contributed by atoms with E-state index in [2.05, 4.69) is 12.2 Å². The van der Waals surface area contributed by atoms with E-state index in [0.29, 0.717) is 19.6 Å². The molecule has 0 aromatic carbocycles. The largest absolute Gasteiger partial charge is 0.394 e. The molecule has 5 nitrogen and oxygen atoms in total. The van der Waals surface area contributed by atoms with Gasteiger partial charge in [-0.3, -0.25) is 4.79 Å². The number of hydrogen-bond acceptors (Lipinski definition) is 4. The van der Waals surface area contributed by atoms with E-state index in [0.717, 1.165) is 12.8 Å². The minimum atomic E-state index is -0.837. The summed E-state index contributed by atoms with van der Waals surface area (Å²) in [5, 5.41) is 20.5. The molecule has 0 heterocycles. The Morgan fingerprint density at radius 1 is 0.885 bits per heavy atom. The average molecular weight is 374 g/mol. The summed E-state index contributed by atoms with van der Waals surface area (Å²) in [6.07, 6.45) is 16.7. The first-order chi connectivity index (χ1) is 12.7. The molecule has 1 atom stereocenters. The first-order valence-corrected chi connectivity index (χ1v) is 10.8. The molecule has 0 fully saturated rings. The molecule has 0 aliphatic rings. The van der Waals surface area contributed by atoms with Crippen molar-refractivity contribution in [2.75, 3.05) is 26.4 Å². The lowest BCUT2D eigenvalue weighted by molar-refractivity contribution is -0.121. The van der Waals surface area contributed by atoms with Gasteiger partial charge in [0.1, 0.15) is 6.10 Å². The van der Waals surface area contributed by atoms with Crippen molar-refractivity contribution in [3.8, 4) is 0 Å². The summed E-state index contributed by atoms with van der Waals surface area (Å²) in [6, 6.07) is 0. The van der Waals surface area contributed by atoms with Crippen LogP contribution in [0.4, 0.5) is 0 Å². The zero-order valence-corrected chi connectivity index (χ0v) is 17.0. The Morgan fingerprint density at radius 2 is 1.38 bits per heavy atom. The minimum Gasteiger partial charge on any atom is -0.394 e. The number of nitrogens with one attached hydrogen (secondary N) is 1. The van der Waals surface area contributed by atoms with Crippen LogP contribution < -0.4 is 5.32 Å². The molecule has 5 heteroatoms. The molecule has 156 valence electrons. The van der Waals surface area contributed by atoms with Crippen molar-refractivity contribution in [2.24, 2.45) is 0 Å². The normalized spacial score (nSPS) is 12.3. The molecular weight excluding hydrogens is 330 g/mol. The summed E-state index contributed by atoms with van der Waals surface area (Å²) in [4.78, 5) is 11.6. The van der Waals surface area contributed by atoms with Gasteiger partial charge in [-0.2, -0.15) is 0 Å². The van der Waals surface area contributed by atoms with Gasteiger partial charge >= 0.3 is 0 Å². The smallest absolute Gasteiger partial charge is 0.220 e. The summed E-state index contributed by atoms with van der Waals surface area (Å²) >= 11 is 0. The molecule has 0 aliphatic heterocycles. The van der Waals surface area contributed by atoms with Crippen LogP contribution in [-0.2, 0) is 9.53 Å². The van der Waals surface area contributed by atoms with E-state index in [9.17, 15) is 4.79 Å². The molecule has 0 bridgehead atoms. The van der Waals surface area contributed by atoms with Gasteiger partial charge in [0.25, 0.3) is 0 Å². The van der Waals surface area contributed by atoms with Crippen LogP contribution in [-0.4, -0.2) is 48.6 Å². The highest BCUT2D eigenvalue weighted by molar-refractivity contribution is 5.75. The van der Waals surface area contributed by atoms with Gasteiger partial charge in [-0.25, -0.2) is 0 Å². The fraction of sp³-hybridized carbons (Fsp3) is 0.952. The summed E-state index contributed by atoms with van der Waals surface area (Å²) < 4.78 is 5.13. The Labute approximate surface area is 160 Å². The number of aliphatic hydroxyl groups excluding tert-OH is 2. The average Bonchev–Trinajstić information content (AvgIpc) is 2.65. The quantitative estimate of drug-likeness (QED) is 0.282. The molecule has 0 saturated heterocycles. The van der Waals surface area contributed by atoms with Crippen LogP contribution in [0, 0.1) is 0 Å². The van der Waals surface area contributed by atoms with Crippen molar-refractivity contribution >= 4 is 5.91 Å². The van der Waals surface area contributed by atoms with E-state index in [1.807, 2.05) is 0 Å². The lowest BCUT2D eigenvalue weighted by atomic mass is 10.0. The van der Waals surface area contributed by atoms with E-state index in [1.54, 1.807) is 0 Å². The Bertz CT molecular complexity index is 300. The lowest BCUT2D eigenvalue weighted by Crippen LogP contribution is -2.28. The van der Waals surface area contributed by atoms with Gasteiger partial charge in [0.15, 0.2) is 0 Å². The molecule has 0 spiro atoms. The minimum absolute atomic E-state index is 0.0689. The predicted molar refractivity (Wildman–Crippen MR) is 107 cm³/mol. The van der Waals surface area contributed by atoms with Crippen LogP contribution >= 0.6 is 0 Å². The van der Waals surface area contributed by atoms with E-state index in [-0.39, 0.29) is 19.1 Å². The first-order valence-electron chi connectivity index (χ1n) is 10.8. The van der Waals surface area contributed by atoms with Crippen LogP contribution in [0.3, 0.4) is 0 Å². The van der Waals surface area contributed by atoms with Crippen LogP contribution in [0.1, 0.15) is 96.8 Å². The molecule has 0 radical (unpaired) electrons. The van der Waals surface area contributed by atoms with E-state index < -0.39 is 6.10 Å². The maximum absolute atomic E-state index is 11.6. The molecule has 1 unspecified atom stereocenters. The second-order valence-electron chi connectivity index (χ2n) is 7.25. The van der Waals surface area contributed by atoms with Crippen molar-refractivity contribution in [3.05, 3.63) is 0 Å². The molecular formula is C21H43NO4. The predicted octanol–water partition coefficient (Wildman–Crippen LogP) is 3.95. The molecule has 3 N–H and O–H groups in total. The van der Waals surface area contributed by atoms with Crippen LogP contribution in [0.2, 0.25) is 0 Å². The van der Waals surface area contributed by atoms with Gasteiger partial charge in [-0.05, 0) is 6.42 Å². The SMILES string of the molecule is CCCCCCCCCCCCCCCC(=O)NCCOCC(O)CO. The topological polar surface area (TPSA) is 78.8 Å². The van der Waals surface area contributed by atoms with Crippen molar-refractivity contribution in [2.45, 2.75) is 103 Å². The molecule has 0 rings (SSSR count). The van der Waals surface area contributed by atoms with Gasteiger partial charge in [-0.1, -0.05) is 84.0 Å². The molecule has 1 amide bonds. The van der Waals surface area contributed by atoms with Gasteiger partial charge in [0, 0.05) is 13.0 Å². The monoisotopic (exact) mass is 373 g/mol. The Kier molecular flexibility index (Phi) is 20.1. The first kappa shape index (κ1) is 25.4.